The molecule has 1 unspecified atom stereocenters. The average molecular weight is 542 g/mol. The summed E-state index contributed by atoms with van der Waals surface area (Å²) in [7, 11) is -2.61. The molecule has 0 heterocycles. The Hall–Kier alpha value is -3.36. The van der Waals surface area contributed by atoms with Crippen molar-refractivity contribution in [1.29, 1.82) is 0 Å². The molecule has 3 aromatic carbocycles. The maximum Gasteiger partial charge on any atom is 0.264 e. The van der Waals surface area contributed by atoms with E-state index < -0.39 is 28.5 Å². The molecule has 3 aromatic rings. The molecule has 0 aliphatic rings. The summed E-state index contributed by atoms with van der Waals surface area (Å²) in [6.07, 6.45) is 0.360. The second-order valence-corrected chi connectivity index (χ2v) is 11.1. The van der Waals surface area contributed by atoms with Gasteiger partial charge in [0.1, 0.15) is 12.6 Å². The highest BCUT2D eigenvalue weighted by molar-refractivity contribution is 7.92. The number of likely N-dealkylation sites (N-methyl/N-ethyl adjacent to an activating group) is 1. The van der Waals surface area contributed by atoms with Crippen LogP contribution in [-0.2, 0) is 26.2 Å². The van der Waals surface area contributed by atoms with Crippen LogP contribution in [0.1, 0.15) is 30.0 Å². The lowest BCUT2D eigenvalue weighted by atomic mass is 10.1. The summed E-state index contributed by atoms with van der Waals surface area (Å²) in [6, 6.07) is 19.7. The fourth-order valence-electron chi connectivity index (χ4n) is 4.08. The van der Waals surface area contributed by atoms with Crippen LogP contribution in [0.4, 0.5) is 5.69 Å². The van der Waals surface area contributed by atoms with Crippen molar-refractivity contribution in [2.24, 2.45) is 0 Å². The van der Waals surface area contributed by atoms with Gasteiger partial charge in [-0.25, -0.2) is 8.42 Å². The molecule has 0 saturated heterocycles. The molecule has 1 atom stereocenters. The summed E-state index contributed by atoms with van der Waals surface area (Å²) in [5.74, 6) is -0.826. The van der Waals surface area contributed by atoms with Crippen molar-refractivity contribution in [2.75, 3.05) is 17.9 Å². The van der Waals surface area contributed by atoms with Crippen LogP contribution in [0, 0.1) is 13.8 Å². The molecule has 1 N–H and O–H groups in total. The third-order valence-electron chi connectivity index (χ3n) is 6.12. The average Bonchev–Trinajstić information content (AvgIpc) is 2.89. The highest BCUT2D eigenvalue weighted by atomic mass is 35.5. The number of carbonyl (C=O) groups is 2. The molecular weight excluding hydrogens is 510 g/mol. The predicted octanol–water partition coefficient (Wildman–Crippen LogP) is 4.71. The third kappa shape index (κ3) is 6.70. The predicted molar refractivity (Wildman–Crippen MR) is 147 cm³/mol. The van der Waals surface area contributed by atoms with E-state index in [1.165, 1.54) is 30.1 Å². The quantitative estimate of drug-likeness (QED) is 0.403. The van der Waals surface area contributed by atoms with Gasteiger partial charge in [0.15, 0.2) is 0 Å². The van der Waals surface area contributed by atoms with E-state index in [4.69, 9.17) is 11.6 Å². The van der Waals surface area contributed by atoms with Crippen LogP contribution in [0.25, 0.3) is 0 Å². The number of amides is 2. The highest BCUT2D eigenvalue weighted by Gasteiger charge is 2.33. The molecule has 3 rings (SSSR count). The number of aryl methyl sites for hydroxylation is 2. The van der Waals surface area contributed by atoms with Crippen molar-refractivity contribution in [3.63, 3.8) is 0 Å². The molecule has 0 radical (unpaired) electrons. The van der Waals surface area contributed by atoms with Gasteiger partial charge in [0, 0.05) is 18.6 Å². The Morgan fingerprint density at radius 1 is 0.973 bits per heavy atom. The summed E-state index contributed by atoms with van der Waals surface area (Å²) < 4.78 is 28.6. The molecule has 0 aromatic heterocycles. The summed E-state index contributed by atoms with van der Waals surface area (Å²) >= 11 is 6.34. The number of carbonyl (C=O) groups excluding carboxylic acids is 2. The van der Waals surface area contributed by atoms with Crippen LogP contribution in [0.5, 0.6) is 0 Å². The number of rotatable bonds is 10. The van der Waals surface area contributed by atoms with Crippen LogP contribution < -0.4 is 9.62 Å². The molecule has 0 saturated carbocycles. The molecule has 0 fully saturated rings. The first-order valence-corrected chi connectivity index (χ1v) is 13.8. The Balaban J connectivity index is 2.07. The molecule has 37 heavy (non-hydrogen) atoms. The molecule has 7 nitrogen and oxygen atoms in total. The molecule has 0 aliphatic carbocycles. The van der Waals surface area contributed by atoms with Crippen molar-refractivity contribution in [2.45, 2.75) is 44.7 Å². The minimum absolute atomic E-state index is 0.0445. The first-order chi connectivity index (χ1) is 17.6. The zero-order valence-electron chi connectivity index (χ0n) is 21.4. The zero-order chi connectivity index (χ0) is 27.2. The molecule has 2 amide bonds. The van der Waals surface area contributed by atoms with Crippen LogP contribution in [0.3, 0.4) is 0 Å². The number of sulfonamides is 1. The Morgan fingerprint density at radius 2 is 1.68 bits per heavy atom. The summed E-state index contributed by atoms with van der Waals surface area (Å²) in [6.45, 7) is 5.22. The zero-order valence-corrected chi connectivity index (χ0v) is 23.0. The first-order valence-electron chi connectivity index (χ1n) is 12.0. The molecule has 0 spiro atoms. The van der Waals surface area contributed by atoms with E-state index in [1.54, 1.807) is 30.3 Å². The minimum atomic E-state index is -4.12. The largest absolute Gasteiger partial charge is 0.357 e. The van der Waals surface area contributed by atoms with Gasteiger partial charge in [-0.2, -0.15) is 0 Å². The van der Waals surface area contributed by atoms with Crippen molar-refractivity contribution in [1.82, 2.24) is 10.2 Å². The van der Waals surface area contributed by atoms with Crippen molar-refractivity contribution >= 4 is 39.1 Å². The van der Waals surface area contributed by atoms with E-state index in [-0.39, 0.29) is 23.0 Å². The van der Waals surface area contributed by atoms with Gasteiger partial charge in [0.05, 0.1) is 10.6 Å². The number of hydrogen-bond donors (Lipinski definition) is 1. The van der Waals surface area contributed by atoms with Gasteiger partial charge in [-0.05, 0) is 55.7 Å². The van der Waals surface area contributed by atoms with Crippen molar-refractivity contribution in [3.05, 3.63) is 94.5 Å². The Kier molecular flexibility index (Phi) is 9.34. The third-order valence-corrected chi connectivity index (χ3v) is 8.32. The topological polar surface area (TPSA) is 86.8 Å². The molecule has 196 valence electrons. The number of nitrogens with zero attached hydrogens (tertiary/aromatic N) is 2. The van der Waals surface area contributed by atoms with Gasteiger partial charge in [0.25, 0.3) is 10.0 Å². The minimum Gasteiger partial charge on any atom is -0.357 e. The molecule has 9 heteroatoms. The van der Waals surface area contributed by atoms with E-state index in [9.17, 15) is 18.0 Å². The molecule has 0 bridgehead atoms. The van der Waals surface area contributed by atoms with E-state index in [0.29, 0.717) is 11.4 Å². The number of nitrogens with one attached hydrogen (secondary N) is 1. The maximum absolute atomic E-state index is 13.9. The number of hydrogen-bond acceptors (Lipinski definition) is 4. The second-order valence-electron chi connectivity index (χ2n) is 8.81. The van der Waals surface area contributed by atoms with Gasteiger partial charge < -0.3 is 10.2 Å². The smallest absolute Gasteiger partial charge is 0.264 e. The fraction of sp³-hybridized carbons (Fsp3) is 0.286. The highest BCUT2D eigenvalue weighted by Crippen LogP contribution is 2.28. The van der Waals surface area contributed by atoms with E-state index in [0.717, 1.165) is 21.0 Å². The number of benzene rings is 3. The van der Waals surface area contributed by atoms with E-state index >= 15 is 0 Å². The van der Waals surface area contributed by atoms with Gasteiger partial charge in [0.2, 0.25) is 11.8 Å². The fourth-order valence-corrected chi connectivity index (χ4v) is 5.68. The van der Waals surface area contributed by atoms with Gasteiger partial charge in [-0.15, -0.1) is 0 Å². The summed E-state index contributed by atoms with van der Waals surface area (Å²) in [4.78, 5) is 28.1. The SMILES string of the molecule is CCC(C(=O)NC)N(Cc1cccc(C)c1)C(=O)CN(c1ccc(C)c(Cl)c1)S(=O)(=O)c1ccccc1. The lowest BCUT2D eigenvalue weighted by Crippen LogP contribution is -2.51. The van der Waals surface area contributed by atoms with Gasteiger partial charge >= 0.3 is 0 Å². The Bertz CT molecular complexity index is 1360. The lowest BCUT2D eigenvalue weighted by Gasteiger charge is -2.33. The van der Waals surface area contributed by atoms with Gasteiger partial charge in [-0.3, -0.25) is 13.9 Å². The second kappa shape index (κ2) is 12.3. The monoisotopic (exact) mass is 541 g/mol. The summed E-state index contributed by atoms with van der Waals surface area (Å²) in [5.41, 5.74) is 2.89. The number of anilines is 1. The summed E-state index contributed by atoms with van der Waals surface area (Å²) in [5, 5.41) is 3.00. The first kappa shape index (κ1) is 28.2. The standard InChI is InChI=1S/C28H32ClN3O4S/c1-5-26(28(34)30-4)31(18-22-11-9-10-20(2)16-22)27(33)19-32(23-15-14-21(3)25(29)17-23)37(35,36)24-12-7-6-8-13-24/h6-17,26H,5,18-19H2,1-4H3,(H,30,34). The normalized spacial score (nSPS) is 12.0. The maximum atomic E-state index is 13.9. The van der Waals surface area contributed by atoms with E-state index in [1.807, 2.05) is 45.0 Å². The molecular formula is C28H32ClN3O4S. The lowest BCUT2D eigenvalue weighted by molar-refractivity contribution is -0.140. The van der Waals surface area contributed by atoms with Gasteiger partial charge in [-0.1, -0.05) is 72.6 Å². The van der Waals surface area contributed by atoms with Crippen LogP contribution >= 0.6 is 11.6 Å². The van der Waals surface area contributed by atoms with Crippen LogP contribution in [0.2, 0.25) is 5.02 Å². The van der Waals surface area contributed by atoms with Crippen molar-refractivity contribution < 1.29 is 18.0 Å². The Labute approximate surface area is 224 Å². The van der Waals surface area contributed by atoms with Crippen molar-refractivity contribution in [3.8, 4) is 0 Å². The van der Waals surface area contributed by atoms with E-state index in [2.05, 4.69) is 5.32 Å². The molecule has 0 aliphatic heterocycles. The van der Waals surface area contributed by atoms with Crippen LogP contribution in [0.15, 0.2) is 77.7 Å². The number of halogens is 1. The van der Waals surface area contributed by atoms with Crippen LogP contribution in [-0.4, -0.2) is 44.8 Å². The Morgan fingerprint density at radius 3 is 2.27 bits per heavy atom.